The van der Waals surface area contributed by atoms with Crippen LogP contribution in [0.5, 0.6) is 0 Å². The fraction of sp³-hybridized carbons (Fsp3) is 0.154. The van der Waals surface area contributed by atoms with Crippen LogP contribution >= 0.6 is 11.3 Å². The van der Waals surface area contributed by atoms with Gasteiger partial charge < -0.3 is 16.4 Å². The van der Waals surface area contributed by atoms with Gasteiger partial charge in [0.2, 0.25) is 5.91 Å². The molecule has 6 nitrogen and oxygen atoms in total. The second-order valence-electron chi connectivity index (χ2n) is 4.05. The maximum Gasteiger partial charge on any atom is 0.251 e. The highest BCUT2D eigenvalue weighted by Gasteiger charge is 2.07. The van der Waals surface area contributed by atoms with E-state index in [1.54, 1.807) is 36.0 Å². The van der Waals surface area contributed by atoms with Gasteiger partial charge in [-0.1, -0.05) is 0 Å². The lowest BCUT2D eigenvalue weighted by Crippen LogP contribution is -2.36. The molecule has 104 valence electrons. The minimum Gasteiger partial charge on any atom is -0.399 e. The first kappa shape index (κ1) is 14.0. The van der Waals surface area contributed by atoms with Crippen molar-refractivity contribution in [3.8, 4) is 0 Å². The fourth-order valence-corrected chi connectivity index (χ4v) is 2.01. The number of nitrogens with one attached hydrogen (secondary N) is 2. The summed E-state index contributed by atoms with van der Waals surface area (Å²) in [5.41, 5.74) is 8.29. The van der Waals surface area contributed by atoms with Crippen LogP contribution in [0, 0.1) is 0 Å². The zero-order valence-corrected chi connectivity index (χ0v) is 11.4. The van der Waals surface area contributed by atoms with Gasteiger partial charge in [-0.2, -0.15) is 0 Å². The van der Waals surface area contributed by atoms with Crippen molar-refractivity contribution >= 4 is 28.8 Å². The van der Waals surface area contributed by atoms with Crippen LogP contribution in [0.4, 0.5) is 5.69 Å². The number of carbonyl (C=O) groups excluding carboxylic acids is 2. The maximum absolute atomic E-state index is 11.8. The standard InChI is InChI=1S/C13H14N4O2S/c14-10-3-1-9(2-4-10)13(19)17-7-12(18)16-6-11-5-15-8-20-11/h1-5,8H,6-7,14H2,(H,16,18)(H,17,19). The Morgan fingerprint density at radius 2 is 1.95 bits per heavy atom. The molecule has 0 bridgehead atoms. The zero-order chi connectivity index (χ0) is 14.4. The van der Waals surface area contributed by atoms with Crippen molar-refractivity contribution in [2.75, 3.05) is 12.3 Å². The van der Waals surface area contributed by atoms with Gasteiger partial charge in [0.25, 0.3) is 5.91 Å². The minimum atomic E-state index is -0.307. The van der Waals surface area contributed by atoms with Gasteiger partial charge in [0, 0.05) is 22.3 Å². The number of nitrogens with zero attached hydrogens (tertiary/aromatic N) is 1. The Balaban J connectivity index is 1.75. The molecule has 0 atom stereocenters. The van der Waals surface area contributed by atoms with Crippen LogP contribution in [-0.2, 0) is 11.3 Å². The smallest absolute Gasteiger partial charge is 0.251 e. The summed E-state index contributed by atoms with van der Waals surface area (Å²) in [6.07, 6.45) is 1.69. The lowest BCUT2D eigenvalue weighted by molar-refractivity contribution is -0.120. The van der Waals surface area contributed by atoms with Gasteiger partial charge in [-0.05, 0) is 24.3 Å². The molecule has 0 unspecified atom stereocenters. The molecule has 0 spiro atoms. The van der Waals surface area contributed by atoms with E-state index >= 15 is 0 Å². The molecule has 0 fully saturated rings. The van der Waals surface area contributed by atoms with E-state index in [4.69, 9.17) is 5.73 Å². The summed E-state index contributed by atoms with van der Waals surface area (Å²) in [6, 6.07) is 6.50. The van der Waals surface area contributed by atoms with Crippen molar-refractivity contribution < 1.29 is 9.59 Å². The SMILES string of the molecule is Nc1ccc(C(=O)NCC(=O)NCc2cncs2)cc1. The van der Waals surface area contributed by atoms with Crippen LogP contribution in [0.15, 0.2) is 36.0 Å². The van der Waals surface area contributed by atoms with E-state index in [0.29, 0.717) is 17.8 Å². The summed E-state index contributed by atoms with van der Waals surface area (Å²) >= 11 is 1.46. The van der Waals surface area contributed by atoms with E-state index in [1.807, 2.05) is 0 Å². The van der Waals surface area contributed by atoms with Gasteiger partial charge in [-0.3, -0.25) is 14.6 Å². The largest absolute Gasteiger partial charge is 0.399 e. The molecule has 2 rings (SSSR count). The summed E-state index contributed by atoms with van der Waals surface area (Å²) in [7, 11) is 0. The highest BCUT2D eigenvalue weighted by Crippen LogP contribution is 2.05. The number of anilines is 1. The van der Waals surface area contributed by atoms with Crippen LogP contribution < -0.4 is 16.4 Å². The average molecular weight is 290 g/mol. The van der Waals surface area contributed by atoms with E-state index < -0.39 is 0 Å². The molecule has 0 aliphatic heterocycles. The molecule has 4 N–H and O–H groups in total. The molecular weight excluding hydrogens is 276 g/mol. The molecule has 0 radical (unpaired) electrons. The second kappa shape index (κ2) is 6.67. The van der Waals surface area contributed by atoms with Crippen molar-refractivity contribution in [3.05, 3.63) is 46.4 Å². The molecular formula is C13H14N4O2S. The Bertz CT molecular complexity index is 581. The van der Waals surface area contributed by atoms with Crippen molar-refractivity contribution in [1.29, 1.82) is 0 Å². The van der Waals surface area contributed by atoms with Crippen molar-refractivity contribution in [3.63, 3.8) is 0 Å². The Morgan fingerprint density at radius 3 is 2.60 bits per heavy atom. The molecule has 7 heteroatoms. The van der Waals surface area contributed by atoms with Crippen LogP contribution in [0.3, 0.4) is 0 Å². The molecule has 0 saturated carbocycles. The zero-order valence-electron chi connectivity index (χ0n) is 10.6. The molecule has 0 saturated heterocycles. The van der Waals surface area contributed by atoms with Crippen molar-refractivity contribution in [1.82, 2.24) is 15.6 Å². The summed E-state index contributed by atoms with van der Waals surface area (Å²) in [5.74, 6) is -0.555. The summed E-state index contributed by atoms with van der Waals surface area (Å²) in [6.45, 7) is 0.350. The third kappa shape index (κ3) is 4.06. The normalized spacial score (nSPS) is 10.0. The highest BCUT2D eigenvalue weighted by atomic mass is 32.1. The number of nitrogen functional groups attached to an aromatic ring is 1. The van der Waals surface area contributed by atoms with E-state index in [1.165, 1.54) is 11.3 Å². The monoisotopic (exact) mass is 290 g/mol. The minimum absolute atomic E-state index is 0.0674. The molecule has 2 aromatic rings. The topological polar surface area (TPSA) is 97.1 Å². The number of nitrogens with two attached hydrogens (primary N) is 1. The van der Waals surface area contributed by atoms with Gasteiger partial charge >= 0.3 is 0 Å². The Hall–Kier alpha value is -2.41. The Labute approximate surface area is 120 Å². The molecule has 0 aliphatic rings. The number of rotatable bonds is 5. The Kier molecular flexibility index (Phi) is 4.67. The first-order valence-corrected chi connectivity index (χ1v) is 6.81. The number of thiazole rings is 1. The Morgan fingerprint density at radius 1 is 1.20 bits per heavy atom. The summed E-state index contributed by atoms with van der Waals surface area (Å²) < 4.78 is 0. The van der Waals surface area contributed by atoms with Crippen LogP contribution in [0.25, 0.3) is 0 Å². The summed E-state index contributed by atoms with van der Waals surface area (Å²) in [5, 5.41) is 5.24. The van der Waals surface area contributed by atoms with E-state index in [0.717, 1.165) is 4.88 Å². The number of hydrogen-bond donors (Lipinski definition) is 3. The average Bonchev–Trinajstić information content (AvgIpc) is 2.96. The van der Waals surface area contributed by atoms with E-state index in [-0.39, 0.29) is 18.4 Å². The van der Waals surface area contributed by atoms with Crippen LogP contribution in [-0.4, -0.2) is 23.3 Å². The van der Waals surface area contributed by atoms with Gasteiger partial charge in [-0.15, -0.1) is 11.3 Å². The first-order valence-electron chi connectivity index (χ1n) is 5.93. The van der Waals surface area contributed by atoms with Crippen LogP contribution in [0.1, 0.15) is 15.2 Å². The van der Waals surface area contributed by atoms with Crippen molar-refractivity contribution in [2.24, 2.45) is 0 Å². The van der Waals surface area contributed by atoms with Crippen molar-refractivity contribution in [2.45, 2.75) is 6.54 Å². The fourth-order valence-electron chi connectivity index (χ4n) is 1.47. The quantitative estimate of drug-likeness (QED) is 0.709. The lowest BCUT2D eigenvalue weighted by atomic mass is 10.2. The maximum atomic E-state index is 11.8. The van der Waals surface area contributed by atoms with E-state index in [9.17, 15) is 9.59 Å². The number of hydrogen-bond acceptors (Lipinski definition) is 5. The molecule has 0 aliphatic carbocycles. The molecule has 20 heavy (non-hydrogen) atoms. The van der Waals surface area contributed by atoms with Gasteiger partial charge in [0.15, 0.2) is 0 Å². The number of benzene rings is 1. The van der Waals surface area contributed by atoms with Crippen LogP contribution in [0.2, 0.25) is 0 Å². The predicted molar refractivity (Wildman–Crippen MR) is 77.1 cm³/mol. The highest BCUT2D eigenvalue weighted by molar-refractivity contribution is 7.09. The molecule has 1 heterocycles. The molecule has 1 aromatic heterocycles. The van der Waals surface area contributed by atoms with E-state index in [2.05, 4.69) is 15.6 Å². The number of aromatic nitrogens is 1. The predicted octanol–water partition coefficient (Wildman–Crippen LogP) is 0.771. The summed E-state index contributed by atoms with van der Waals surface area (Å²) in [4.78, 5) is 28.2. The molecule has 1 aromatic carbocycles. The number of carbonyl (C=O) groups is 2. The third-order valence-corrected chi connectivity index (χ3v) is 3.31. The first-order chi connectivity index (χ1) is 9.65. The third-order valence-electron chi connectivity index (χ3n) is 2.53. The lowest BCUT2D eigenvalue weighted by Gasteiger charge is -2.06. The van der Waals surface area contributed by atoms with Gasteiger partial charge in [-0.25, -0.2) is 0 Å². The second-order valence-corrected chi connectivity index (χ2v) is 5.02. The van der Waals surface area contributed by atoms with Gasteiger partial charge in [0.05, 0.1) is 18.6 Å². The molecule has 2 amide bonds. The van der Waals surface area contributed by atoms with Gasteiger partial charge in [0.1, 0.15) is 0 Å². The number of amides is 2.